The first-order valence-electron chi connectivity index (χ1n) is 5.45. The third-order valence-corrected chi connectivity index (χ3v) is 2.74. The predicted octanol–water partition coefficient (Wildman–Crippen LogP) is 2.76. The Balaban J connectivity index is 2.51. The van der Waals surface area contributed by atoms with Crippen molar-refractivity contribution in [2.45, 2.75) is 12.3 Å². The summed E-state index contributed by atoms with van der Waals surface area (Å²) in [5.74, 6) is 0. The summed E-state index contributed by atoms with van der Waals surface area (Å²) < 4.78 is 38.6. The maximum Gasteiger partial charge on any atom is 0.416 e. The number of benzene rings is 1. The number of hydrogen-bond donors (Lipinski definition) is 2. The summed E-state index contributed by atoms with van der Waals surface area (Å²) in [5.41, 5.74) is 4.86. The molecule has 2 rings (SSSR count). The van der Waals surface area contributed by atoms with E-state index in [9.17, 15) is 18.3 Å². The van der Waals surface area contributed by atoms with Crippen molar-refractivity contribution in [3.63, 3.8) is 0 Å². The van der Waals surface area contributed by atoms with Crippen molar-refractivity contribution >= 4 is 5.69 Å². The molecule has 3 N–H and O–H groups in total. The summed E-state index contributed by atoms with van der Waals surface area (Å²) >= 11 is 0. The number of nitrogen functional groups attached to an aromatic ring is 1. The van der Waals surface area contributed by atoms with Crippen LogP contribution in [-0.4, -0.2) is 10.1 Å². The molecule has 0 aliphatic heterocycles. The molecule has 0 aliphatic rings. The van der Waals surface area contributed by atoms with Crippen LogP contribution in [0.15, 0.2) is 42.7 Å². The van der Waals surface area contributed by atoms with E-state index in [-0.39, 0.29) is 16.8 Å². The van der Waals surface area contributed by atoms with Gasteiger partial charge in [-0.05, 0) is 17.7 Å². The predicted molar refractivity (Wildman–Crippen MR) is 64.2 cm³/mol. The van der Waals surface area contributed by atoms with Gasteiger partial charge in [-0.3, -0.25) is 4.98 Å². The fourth-order valence-electron chi connectivity index (χ4n) is 1.81. The normalized spacial score (nSPS) is 13.3. The van der Waals surface area contributed by atoms with Gasteiger partial charge in [0.2, 0.25) is 0 Å². The number of nitrogens with zero attached hydrogens (tertiary/aromatic N) is 1. The van der Waals surface area contributed by atoms with Crippen LogP contribution in [0.4, 0.5) is 18.9 Å². The van der Waals surface area contributed by atoms with Gasteiger partial charge in [0.05, 0.1) is 5.56 Å². The molecule has 1 atom stereocenters. The molecule has 1 aromatic carbocycles. The third-order valence-electron chi connectivity index (χ3n) is 2.74. The van der Waals surface area contributed by atoms with Gasteiger partial charge in [-0.2, -0.15) is 13.2 Å². The van der Waals surface area contributed by atoms with Gasteiger partial charge < -0.3 is 10.8 Å². The van der Waals surface area contributed by atoms with Gasteiger partial charge in [0.1, 0.15) is 6.10 Å². The Morgan fingerprint density at radius 1 is 1.11 bits per heavy atom. The molecule has 0 spiro atoms. The monoisotopic (exact) mass is 268 g/mol. The molecule has 1 unspecified atom stereocenters. The standard InChI is InChI=1S/C13H11F3N2O/c14-13(15,16)10-4-2-1-3-8(10)12(19)9-7-18-6-5-11(9)17/h1-7,12,19H,(H2,17,18). The minimum atomic E-state index is -4.53. The van der Waals surface area contributed by atoms with E-state index >= 15 is 0 Å². The zero-order valence-electron chi connectivity index (χ0n) is 9.72. The Morgan fingerprint density at radius 2 is 1.79 bits per heavy atom. The Bertz CT molecular complexity index is 584. The first kappa shape index (κ1) is 13.4. The molecule has 19 heavy (non-hydrogen) atoms. The number of halogens is 3. The largest absolute Gasteiger partial charge is 0.416 e. The van der Waals surface area contributed by atoms with Gasteiger partial charge in [0.15, 0.2) is 0 Å². The van der Waals surface area contributed by atoms with Crippen LogP contribution in [0.1, 0.15) is 22.8 Å². The van der Waals surface area contributed by atoms with Crippen molar-refractivity contribution in [1.29, 1.82) is 0 Å². The molecule has 0 aliphatic carbocycles. The number of aromatic nitrogens is 1. The third kappa shape index (κ3) is 2.68. The van der Waals surface area contributed by atoms with Gasteiger partial charge in [0, 0.05) is 23.6 Å². The number of nitrogens with two attached hydrogens (primary N) is 1. The highest BCUT2D eigenvalue weighted by Crippen LogP contribution is 2.37. The number of hydrogen-bond acceptors (Lipinski definition) is 3. The number of alkyl halides is 3. The number of anilines is 1. The number of pyridine rings is 1. The number of aliphatic hydroxyl groups is 1. The molecule has 0 amide bonds. The lowest BCUT2D eigenvalue weighted by molar-refractivity contribution is -0.139. The zero-order chi connectivity index (χ0) is 14.0. The van der Waals surface area contributed by atoms with E-state index in [0.717, 1.165) is 6.07 Å². The Hall–Kier alpha value is -2.08. The highest BCUT2D eigenvalue weighted by Gasteiger charge is 2.35. The lowest BCUT2D eigenvalue weighted by Crippen LogP contribution is -2.13. The summed E-state index contributed by atoms with van der Waals surface area (Å²) in [6, 6.07) is 6.27. The summed E-state index contributed by atoms with van der Waals surface area (Å²) in [6.07, 6.45) is -3.34. The fraction of sp³-hybridized carbons (Fsp3) is 0.154. The van der Waals surface area contributed by atoms with E-state index in [1.54, 1.807) is 0 Å². The summed E-state index contributed by atoms with van der Waals surface area (Å²) in [4.78, 5) is 3.76. The lowest BCUT2D eigenvalue weighted by Gasteiger charge is -2.18. The zero-order valence-corrected chi connectivity index (χ0v) is 9.72. The van der Waals surface area contributed by atoms with E-state index < -0.39 is 17.8 Å². The van der Waals surface area contributed by atoms with Crippen LogP contribution in [0, 0.1) is 0 Å². The Morgan fingerprint density at radius 3 is 2.42 bits per heavy atom. The highest BCUT2D eigenvalue weighted by molar-refractivity contribution is 5.50. The average Bonchev–Trinajstić information content (AvgIpc) is 2.37. The van der Waals surface area contributed by atoms with Crippen molar-refractivity contribution in [2.24, 2.45) is 0 Å². The van der Waals surface area contributed by atoms with Gasteiger partial charge in [-0.1, -0.05) is 18.2 Å². The molecule has 1 aromatic heterocycles. The molecular formula is C13H11F3N2O. The van der Waals surface area contributed by atoms with Crippen molar-refractivity contribution < 1.29 is 18.3 Å². The fourth-order valence-corrected chi connectivity index (χ4v) is 1.81. The molecule has 6 heteroatoms. The van der Waals surface area contributed by atoms with Crippen LogP contribution in [0.5, 0.6) is 0 Å². The molecule has 0 fully saturated rings. The lowest BCUT2D eigenvalue weighted by atomic mass is 9.96. The van der Waals surface area contributed by atoms with Crippen molar-refractivity contribution in [3.05, 3.63) is 59.4 Å². The second kappa shape index (κ2) is 4.89. The number of rotatable bonds is 2. The first-order chi connectivity index (χ1) is 8.91. The van der Waals surface area contributed by atoms with Crippen LogP contribution >= 0.6 is 0 Å². The van der Waals surface area contributed by atoms with Gasteiger partial charge in [-0.15, -0.1) is 0 Å². The van der Waals surface area contributed by atoms with E-state index in [4.69, 9.17) is 5.73 Å². The second-order valence-electron chi connectivity index (χ2n) is 3.99. The molecule has 2 aromatic rings. The maximum atomic E-state index is 12.9. The van der Waals surface area contributed by atoms with Gasteiger partial charge in [-0.25, -0.2) is 0 Å². The minimum absolute atomic E-state index is 0.152. The van der Waals surface area contributed by atoms with Crippen molar-refractivity contribution in [2.75, 3.05) is 5.73 Å². The van der Waals surface area contributed by atoms with Gasteiger partial charge >= 0.3 is 6.18 Å². The molecule has 0 bridgehead atoms. The van der Waals surface area contributed by atoms with E-state index in [1.165, 1.54) is 36.7 Å². The van der Waals surface area contributed by atoms with Crippen molar-refractivity contribution in [1.82, 2.24) is 4.98 Å². The second-order valence-corrected chi connectivity index (χ2v) is 3.99. The average molecular weight is 268 g/mol. The number of aliphatic hydroxyl groups excluding tert-OH is 1. The maximum absolute atomic E-state index is 12.9. The topological polar surface area (TPSA) is 59.1 Å². The van der Waals surface area contributed by atoms with Crippen LogP contribution < -0.4 is 5.73 Å². The van der Waals surface area contributed by atoms with Crippen LogP contribution in [-0.2, 0) is 6.18 Å². The summed E-state index contributed by atoms with van der Waals surface area (Å²) in [6.45, 7) is 0. The van der Waals surface area contributed by atoms with Crippen LogP contribution in [0.25, 0.3) is 0 Å². The molecule has 0 saturated carbocycles. The Kier molecular flexibility index (Phi) is 3.44. The van der Waals surface area contributed by atoms with E-state index in [0.29, 0.717) is 0 Å². The molecule has 0 saturated heterocycles. The molecule has 3 nitrogen and oxygen atoms in total. The molecule has 0 radical (unpaired) electrons. The highest BCUT2D eigenvalue weighted by atomic mass is 19.4. The first-order valence-corrected chi connectivity index (χ1v) is 5.45. The van der Waals surface area contributed by atoms with Crippen LogP contribution in [0.2, 0.25) is 0 Å². The van der Waals surface area contributed by atoms with Gasteiger partial charge in [0.25, 0.3) is 0 Å². The Labute approximate surface area is 107 Å². The minimum Gasteiger partial charge on any atom is -0.398 e. The molecule has 100 valence electrons. The summed E-state index contributed by atoms with van der Waals surface area (Å²) in [7, 11) is 0. The quantitative estimate of drug-likeness (QED) is 0.880. The van der Waals surface area contributed by atoms with E-state index in [1.807, 2.05) is 0 Å². The smallest absolute Gasteiger partial charge is 0.398 e. The SMILES string of the molecule is Nc1ccncc1C(O)c1ccccc1C(F)(F)F. The molecular weight excluding hydrogens is 257 g/mol. The summed E-state index contributed by atoms with van der Waals surface area (Å²) in [5, 5.41) is 10.1. The van der Waals surface area contributed by atoms with Crippen molar-refractivity contribution in [3.8, 4) is 0 Å². The van der Waals surface area contributed by atoms with E-state index in [2.05, 4.69) is 4.98 Å². The molecule has 1 heterocycles. The van der Waals surface area contributed by atoms with Crippen LogP contribution in [0.3, 0.4) is 0 Å².